The summed E-state index contributed by atoms with van der Waals surface area (Å²) in [6, 6.07) is 13.4. The number of carbonyl (C=O) groups excluding carboxylic acids is 2. The van der Waals surface area contributed by atoms with Crippen molar-refractivity contribution in [2.45, 2.75) is 19.8 Å². The van der Waals surface area contributed by atoms with Crippen LogP contribution in [0.1, 0.15) is 34.3 Å². The molecule has 2 aliphatic heterocycles. The van der Waals surface area contributed by atoms with Crippen LogP contribution < -0.4 is 9.47 Å². The lowest BCUT2D eigenvalue weighted by Crippen LogP contribution is -2.39. The third-order valence-electron chi connectivity index (χ3n) is 5.60. The molecule has 4 rings (SSSR count). The van der Waals surface area contributed by atoms with Gasteiger partial charge in [-0.3, -0.25) is 9.59 Å². The zero-order chi connectivity index (χ0) is 20.2. The molecule has 1 saturated heterocycles. The number of aryl methyl sites for hydroxylation is 1. The lowest BCUT2D eigenvalue weighted by atomic mass is 9.88. The van der Waals surface area contributed by atoms with E-state index in [0.717, 1.165) is 11.1 Å². The number of Topliss-reactive ketones (excluding diaryl/α,β-unsaturated/α-hetero) is 1. The molecule has 29 heavy (non-hydrogen) atoms. The number of likely N-dealkylation sites (tertiary alicyclic amines) is 1. The molecule has 2 aromatic rings. The average Bonchev–Trinajstić information content (AvgIpc) is 2.77. The summed E-state index contributed by atoms with van der Waals surface area (Å²) in [5.74, 6) is 1.37. The summed E-state index contributed by atoms with van der Waals surface area (Å²) in [5, 5.41) is 0. The molecule has 1 amide bonds. The van der Waals surface area contributed by atoms with Crippen molar-refractivity contribution in [1.82, 2.24) is 4.90 Å². The van der Waals surface area contributed by atoms with Crippen molar-refractivity contribution >= 4 is 17.8 Å². The van der Waals surface area contributed by atoms with Gasteiger partial charge in [0.25, 0.3) is 0 Å². The molecule has 0 saturated carbocycles. The maximum absolute atomic E-state index is 12.9. The third kappa shape index (κ3) is 4.34. The zero-order valence-corrected chi connectivity index (χ0v) is 16.6. The van der Waals surface area contributed by atoms with Gasteiger partial charge in [0.05, 0.1) is 0 Å². The zero-order valence-electron chi connectivity index (χ0n) is 16.6. The van der Waals surface area contributed by atoms with Crippen LogP contribution in [0.3, 0.4) is 0 Å². The molecule has 0 N–H and O–H groups in total. The summed E-state index contributed by atoms with van der Waals surface area (Å²) in [6.07, 6.45) is 4.85. The highest BCUT2D eigenvalue weighted by molar-refractivity contribution is 5.99. The van der Waals surface area contributed by atoms with Gasteiger partial charge < -0.3 is 14.4 Å². The number of carbonyl (C=O) groups is 2. The summed E-state index contributed by atoms with van der Waals surface area (Å²) >= 11 is 0. The number of hydrogen-bond donors (Lipinski definition) is 0. The number of rotatable bonds is 4. The maximum Gasteiger partial charge on any atom is 0.246 e. The second-order valence-corrected chi connectivity index (χ2v) is 7.51. The van der Waals surface area contributed by atoms with Gasteiger partial charge in [-0.25, -0.2) is 0 Å². The molecule has 5 nitrogen and oxygen atoms in total. The first-order valence-corrected chi connectivity index (χ1v) is 10.1. The topological polar surface area (TPSA) is 55.8 Å². The molecule has 2 heterocycles. The lowest BCUT2D eigenvalue weighted by molar-refractivity contribution is -0.127. The van der Waals surface area contributed by atoms with Crippen LogP contribution in [0.5, 0.6) is 11.5 Å². The molecule has 0 radical (unpaired) electrons. The minimum atomic E-state index is -0.0676. The fourth-order valence-corrected chi connectivity index (χ4v) is 3.83. The molecule has 0 aromatic heterocycles. The first kappa shape index (κ1) is 19.2. The van der Waals surface area contributed by atoms with Gasteiger partial charge in [0.1, 0.15) is 13.2 Å². The molecule has 0 spiro atoms. The molecule has 0 aliphatic carbocycles. The van der Waals surface area contributed by atoms with Crippen molar-refractivity contribution in [3.05, 3.63) is 65.2 Å². The van der Waals surface area contributed by atoms with Crippen molar-refractivity contribution in [2.24, 2.45) is 5.92 Å². The van der Waals surface area contributed by atoms with E-state index in [4.69, 9.17) is 9.47 Å². The van der Waals surface area contributed by atoms with E-state index >= 15 is 0 Å². The standard InChI is InChI=1S/C24H25NO4/c1-17-4-2-3-5-18(17)7-9-23(26)25-12-10-19(11-13-25)24(27)20-6-8-21-22(16-20)29-15-14-28-21/h2-9,16,19H,10-15H2,1H3. The fourth-order valence-electron chi connectivity index (χ4n) is 3.83. The molecular weight excluding hydrogens is 366 g/mol. The summed E-state index contributed by atoms with van der Waals surface area (Å²) in [6.45, 7) is 4.25. The highest BCUT2D eigenvalue weighted by atomic mass is 16.6. The van der Waals surface area contributed by atoms with Gasteiger partial charge in [-0.15, -0.1) is 0 Å². The van der Waals surface area contributed by atoms with Crippen LogP contribution in [0, 0.1) is 12.8 Å². The van der Waals surface area contributed by atoms with Crippen LogP contribution in [0.15, 0.2) is 48.5 Å². The third-order valence-corrected chi connectivity index (χ3v) is 5.60. The summed E-state index contributed by atoms with van der Waals surface area (Å²) in [4.78, 5) is 27.2. The van der Waals surface area contributed by atoms with Crippen LogP contribution in [0.25, 0.3) is 6.08 Å². The van der Waals surface area contributed by atoms with Gasteiger partial charge >= 0.3 is 0 Å². The minimum absolute atomic E-state index is 0.00141. The SMILES string of the molecule is Cc1ccccc1C=CC(=O)N1CCC(C(=O)c2ccc3c(c2)OCCO3)CC1. The van der Waals surface area contributed by atoms with E-state index in [1.54, 1.807) is 24.3 Å². The van der Waals surface area contributed by atoms with Gasteiger partial charge in [0.15, 0.2) is 17.3 Å². The number of fused-ring (bicyclic) bond motifs is 1. The van der Waals surface area contributed by atoms with Crippen molar-refractivity contribution in [2.75, 3.05) is 26.3 Å². The predicted molar refractivity (Wildman–Crippen MR) is 111 cm³/mol. The first-order valence-electron chi connectivity index (χ1n) is 10.1. The van der Waals surface area contributed by atoms with E-state index in [-0.39, 0.29) is 17.6 Å². The van der Waals surface area contributed by atoms with E-state index in [9.17, 15) is 9.59 Å². The number of hydrogen-bond acceptors (Lipinski definition) is 4. The Hall–Kier alpha value is -3.08. The van der Waals surface area contributed by atoms with Crippen molar-refractivity contribution in [3.63, 3.8) is 0 Å². The molecule has 5 heteroatoms. The Labute approximate surface area is 170 Å². The van der Waals surface area contributed by atoms with E-state index in [2.05, 4.69) is 0 Å². The molecule has 2 aliphatic rings. The van der Waals surface area contributed by atoms with Gasteiger partial charge in [0, 0.05) is 30.6 Å². The number of piperidine rings is 1. The van der Waals surface area contributed by atoms with Gasteiger partial charge in [0.2, 0.25) is 5.91 Å². The Morgan fingerprint density at radius 3 is 2.48 bits per heavy atom. The van der Waals surface area contributed by atoms with Crippen LogP contribution in [0.4, 0.5) is 0 Å². The second-order valence-electron chi connectivity index (χ2n) is 7.51. The molecule has 150 valence electrons. The normalized spacial score (nSPS) is 16.8. The number of amides is 1. The fraction of sp³-hybridized carbons (Fsp3) is 0.333. The minimum Gasteiger partial charge on any atom is -0.486 e. The van der Waals surface area contributed by atoms with Crippen molar-refractivity contribution in [3.8, 4) is 11.5 Å². The Morgan fingerprint density at radius 2 is 1.72 bits per heavy atom. The molecule has 0 unspecified atom stereocenters. The van der Waals surface area contributed by atoms with Crippen molar-refractivity contribution < 1.29 is 19.1 Å². The number of nitrogens with zero attached hydrogens (tertiary/aromatic N) is 1. The Kier molecular flexibility index (Phi) is 5.65. The molecule has 1 fully saturated rings. The predicted octanol–water partition coefficient (Wildman–Crippen LogP) is 3.90. The van der Waals surface area contributed by atoms with Crippen LogP contribution in [-0.2, 0) is 4.79 Å². The van der Waals surface area contributed by atoms with E-state index in [1.807, 2.05) is 42.2 Å². The van der Waals surface area contributed by atoms with Crippen molar-refractivity contribution in [1.29, 1.82) is 0 Å². The molecule has 2 aromatic carbocycles. The Balaban J connectivity index is 1.35. The number of benzene rings is 2. The van der Waals surface area contributed by atoms with Crippen LogP contribution in [-0.4, -0.2) is 42.9 Å². The lowest BCUT2D eigenvalue weighted by Gasteiger charge is -2.30. The number of ether oxygens (including phenoxy) is 2. The van der Waals surface area contributed by atoms with Gasteiger partial charge in [-0.2, -0.15) is 0 Å². The molecule has 0 atom stereocenters. The average molecular weight is 391 g/mol. The summed E-state index contributed by atoms with van der Waals surface area (Å²) in [7, 11) is 0. The monoisotopic (exact) mass is 391 g/mol. The highest BCUT2D eigenvalue weighted by Gasteiger charge is 2.28. The van der Waals surface area contributed by atoms with Gasteiger partial charge in [-0.1, -0.05) is 24.3 Å². The molecule has 0 bridgehead atoms. The quantitative estimate of drug-likeness (QED) is 0.586. The largest absolute Gasteiger partial charge is 0.486 e. The summed E-state index contributed by atoms with van der Waals surface area (Å²) in [5.41, 5.74) is 2.84. The first-order chi connectivity index (χ1) is 14.1. The van der Waals surface area contributed by atoms with Gasteiger partial charge in [-0.05, 0) is 55.2 Å². The van der Waals surface area contributed by atoms with E-state index in [0.29, 0.717) is 56.2 Å². The molecular formula is C24H25NO4. The van der Waals surface area contributed by atoms with E-state index < -0.39 is 0 Å². The second kappa shape index (κ2) is 8.52. The Morgan fingerprint density at radius 1 is 1.00 bits per heavy atom. The highest BCUT2D eigenvalue weighted by Crippen LogP contribution is 2.32. The van der Waals surface area contributed by atoms with Crippen LogP contribution >= 0.6 is 0 Å². The van der Waals surface area contributed by atoms with Crippen LogP contribution in [0.2, 0.25) is 0 Å². The summed E-state index contributed by atoms with van der Waals surface area (Å²) < 4.78 is 11.1. The maximum atomic E-state index is 12.9. The smallest absolute Gasteiger partial charge is 0.246 e. The number of ketones is 1. The van der Waals surface area contributed by atoms with E-state index in [1.165, 1.54) is 0 Å². The Bertz CT molecular complexity index is 942.